The van der Waals surface area contributed by atoms with Gasteiger partial charge in [-0.1, -0.05) is 15.9 Å². The molecule has 0 amide bonds. The quantitative estimate of drug-likeness (QED) is 0.793. The molecule has 0 unspecified atom stereocenters. The molecule has 0 saturated heterocycles. The van der Waals surface area contributed by atoms with E-state index in [1.165, 1.54) is 7.11 Å². The Bertz CT molecular complexity index is 585. The molecule has 4 heteroatoms. The molecule has 0 atom stereocenters. The summed E-state index contributed by atoms with van der Waals surface area (Å²) in [4.78, 5) is 11.6. The summed E-state index contributed by atoms with van der Waals surface area (Å²) in [5.74, 6) is -0.300. The van der Waals surface area contributed by atoms with Gasteiger partial charge in [0.05, 0.1) is 12.7 Å². The summed E-state index contributed by atoms with van der Waals surface area (Å²) in [6.45, 7) is 3.89. The van der Waals surface area contributed by atoms with Crippen molar-refractivity contribution < 1.29 is 9.53 Å². The van der Waals surface area contributed by atoms with Crippen molar-refractivity contribution in [1.29, 1.82) is 0 Å². The summed E-state index contributed by atoms with van der Waals surface area (Å²) in [7, 11) is 1.40. The smallest absolute Gasteiger partial charge is 0.339 e. The number of aromatic nitrogens is 1. The van der Waals surface area contributed by atoms with E-state index in [-0.39, 0.29) is 5.97 Å². The van der Waals surface area contributed by atoms with Gasteiger partial charge in [-0.05, 0) is 44.2 Å². The van der Waals surface area contributed by atoms with Crippen LogP contribution in [0, 0.1) is 13.8 Å². The number of esters is 1. The van der Waals surface area contributed by atoms with Crippen LogP contribution >= 0.6 is 15.9 Å². The Morgan fingerprint density at radius 2 is 1.83 bits per heavy atom. The van der Waals surface area contributed by atoms with Crippen LogP contribution in [0.2, 0.25) is 0 Å². The summed E-state index contributed by atoms with van der Waals surface area (Å²) in [5.41, 5.74) is 3.54. The number of carbonyl (C=O) groups excluding carboxylic acids is 1. The first kappa shape index (κ1) is 12.9. The van der Waals surface area contributed by atoms with Crippen LogP contribution in [0.1, 0.15) is 21.7 Å². The van der Waals surface area contributed by atoms with Gasteiger partial charge < -0.3 is 9.30 Å². The predicted molar refractivity (Wildman–Crippen MR) is 74.3 cm³/mol. The van der Waals surface area contributed by atoms with Crippen molar-refractivity contribution in [3.8, 4) is 5.69 Å². The third-order valence-electron chi connectivity index (χ3n) is 2.92. The average Bonchev–Trinajstić information content (AvgIpc) is 2.65. The van der Waals surface area contributed by atoms with Gasteiger partial charge in [-0.25, -0.2) is 4.79 Å². The minimum Gasteiger partial charge on any atom is -0.465 e. The highest BCUT2D eigenvalue weighted by atomic mass is 79.9. The van der Waals surface area contributed by atoms with Gasteiger partial charge >= 0.3 is 5.97 Å². The van der Waals surface area contributed by atoms with Crippen LogP contribution in [0.25, 0.3) is 5.69 Å². The maximum absolute atomic E-state index is 11.6. The molecule has 0 aliphatic heterocycles. The Labute approximate surface area is 115 Å². The Kier molecular flexibility index (Phi) is 3.57. The van der Waals surface area contributed by atoms with E-state index in [9.17, 15) is 4.79 Å². The minimum atomic E-state index is -0.300. The molecule has 18 heavy (non-hydrogen) atoms. The van der Waals surface area contributed by atoms with Crippen LogP contribution in [0.4, 0.5) is 0 Å². The zero-order chi connectivity index (χ0) is 13.3. The van der Waals surface area contributed by atoms with E-state index in [0.717, 1.165) is 21.5 Å². The van der Waals surface area contributed by atoms with Gasteiger partial charge in [-0.2, -0.15) is 0 Å². The number of methoxy groups -OCH3 is 1. The zero-order valence-electron chi connectivity index (χ0n) is 10.5. The lowest BCUT2D eigenvalue weighted by Gasteiger charge is -2.09. The van der Waals surface area contributed by atoms with Gasteiger partial charge in [0.1, 0.15) is 0 Å². The number of aryl methyl sites for hydroxylation is 1. The molecule has 0 fully saturated rings. The average molecular weight is 308 g/mol. The number of ether oxygens (including phenoxy) is 1. The molecule has 1 aromatic carbocycles. The van der Waals surface area contributed by atoms with Gasteiger partial charge in [-0.3, -0.25) is 0 Å². The summed E-state index contributed by atoms with van der Waals surface area (Å²) < 4.78 is 7.85. The molecule has 0 aliphatic rings. The highest BCUT2D eigenvalue weighted by molar-refractivity contribution is 9.10. The number of rotatable bonds is 2. The third kappa shape index (κ3) is 2.20. The van der Waals surface area contributed by atoms with Crippen molar-refractivity contribution in [2.24, 2.45) is 0 Å². The van der Waals surface area contributed by atoms with Gasteiger partial charge in [0.25, 0.3) is 0 Å². The Morgan fingerprint density at radius 3 is 2.39 bits per heavy atom. The Hall–Kier alpha value is -1.55. The number of carbonyl (C=O) groups is 1. The van der Waals surface area contributed by atoms with Crippen LogP contribution in [0.15, 0.2) is 34.8 Å². The van der Waals surface area contributed by atoms with E-state index in [4.69, 9.17) is 4.74 Å². The highest BCUT2D eigenvalue weighted by Crippen LogP contribution is 2.22. The van der Waals surface area contributed by atoms with E-state index < -0.39 is 0 Å². The summed E-state index contributed by atoms with van der Waals surface area (Å²) in [6, 6.07) is 9.82. The second-order valence-electron chi connectivity index (χ2n) is 4.09. The van der Waals surface area contributed by atoms with E-state index in [1.807, 2.05) is 48.7 Å². The molecule has 94 valence electrons. The van der Waals surface area contributed by atoms with E-state index in [2.05, 4.69) is 15.9 Å². The van der Waals surface area contributed by atoms with Crippen molar-refractivity contribution in [3.05, 3.63) is 51.8 Å². The first-order valence-electron chi connectivity index (χ1n) is 5.58. The number of hydrogen-bond acceptors (Lipinski definition) is 2. The van der Waals surface area contributed by atoms with Crippen molar-refractivity contribution in [1.82, 2.24) is 4.57 Å². The lowest BCUT2D eigenvalue weighted by molar-refractivity contribution is 0.0600. The molecular weight excluding hydrogens is 294 g/mol. The van der Waals surface area contributed by atoms with E-state index >= 15 is 0 Å². The molecule has 3 nitrogen and oxygen atoms in total. The Morgan fingerprint density at radius 1 is 1.22 bits per heavy atom. The van der Waals surface area contributed by atoms with Crippen molar-refractivity contribution in [2.45, 2.75) is 13.8 Å². The van der Waals surface area contributed by atoms with Gasteiger partial charge in [0.15, 0.2) is 0 Å². The summed E-state index contributed by atoms with van der Waals surface area (Å²) in [5, 5.41) is 0. The standard InChI is InChI=1S/C14H14BrNO2/c1-9-8-13(14(17)18-3)10(2)16(9)12-6-4-11(15)5-7-12/h4-8H,1-3H3. The fourth-order valence-electron chi connectivity index (χ4n) is 2.07. The third-order valence-corrected chi connectivity index (χ3v) is 3.45. The maximum atomic E-state index is 11.6. The predicted octanol–water partition coefficient (Wildman–Crippen LogP) is 3.64. The van der Waals surface area contributed by atoms with Gasteiger partial charge in [0, 0.05) is 21.5 Å². The number of benzene rings is 1. The summed E-state index contributed by atoms with van der Waals surface area (Å²) in [6.07, 6.45) is 0. The molecule has 2 aromatic rings. The topological polar surface area (TPSA) is 31.2 Å². The lowest BCUT2D eigenvalue weighted by atomic mass is 10.2. The highest BCUT2D eigenvalue weighted by Gasteiger charge is 2.16. The monoisotopic (exact) mass is 307 g/mol. The number of hydrogen-bond donors (Lipinski definition) is 0. The fourth-order valence-corrected chi connectivity index (χ4v) is 2.33. The van der Waals surface area contributed by atoms with Gasteiger partial charge in [0.2, 0.25) is 0 Å². The molecular formula is C14H14BrNO2. The molecule has 2 rings (SSSR count). The largest absolute Gasteiger partial charge is 0.465 e. The van der Waals surface area contributed by atoms with Crippen LogP contribution in [0.5, 0.6) is 0 Å². The number of nitrogens with zero attached hydrogens (tertiary/aromatic N) is 1. The SMILES string of the molecule is COC(=O)c1cc(C)n(-c2ccc(Br)cc2)c1C. The van der Waals surface area contributed by atoms with Crippen LogP contribution in [-0.2, 0) is 4.74 Å². The lowest BCUT2D eigenvalue weighted by Crippen LogP contribution is -2.04. The summed E-state index contributed by atoms with van der Waals surface area (Å²) >= 11 is 3.41. The maximum Gasteiger partial charge on any atom is 0.339 e. The van der Waals surface area contributed by atoms with Crippen molar-refractivity contribution >= 4 is 21.9 Å². The normalized spacial score (nSPS) is 10.4. The fraction of sp³-hybridized carbons (Fsp3) is 0.214. The molecule has 0 spiro atoms. The molecule has 0 bridgehead atoms. The second kappa shape index (κ2) is 4.98. The molecule has 1 heterocycles. The second-order valence-corrected chi connectivity index (χ2v) is 5.00. The van der Waals surface area contributed by atoms with Crippen molar-refractivity contribution in [3.63, 3.8) is 0 Å². The molecule has 0 aliphatic carbocycles. The Balaban J connectivity index is 2.55. The van der Waals surface area contributed by atoms with E-state index in [1.54, 1.807) is 0 Å². The zero-order valence-corrected chi connectivity index (χ0v) is 12.1. The van der Waals surface area contributed by atoms with E-state index in [0.29, 0.717) is 5.56 Å². The molecule has 0 radical (unpaired) electrons. The molecule has 0 N–H and O–H groups in total. The number of halogens is 1. The minimum absolute atomic E-state index is 0.300. The van der Waals surface area contributed by atoms with Crippen molar-refractivity contribution in [2.75, 3.05) is 7.11 Å². The van der Waals surface area contributed by atoms with Crippen LogP contribution < -0.4 is 0 Å². The first-order valence-corrected chi connectivity index (χ1v) is 6.37. The van der Waals surface area contributed by atoms with Crippen LogP contribution in [-0.4, -0.2) is 17.6 Å². The molecule has 1 aromatic heterocycles. The molecule has 0 saturated carbocycles. The van der Waals surface area contributed by atoms with Gasteiger partial charge in [-0.15, -0.1) is 0 Å². The van der Waals surface area contributed by atoms with Crippen LogP contribution in [0.3, 0.4) is 0 Å². The first-order chi connectivity index (χ1) is 8.54.